The van der Waals surface area contributed by atoms with E-state index >= 15 is 0 Å². The van der Waals surface area contributed by atoms with Gasteiger partial charge in [-0.1, -0.05) is 91.2 Å². The van der Waals surface area contributed by atoms with Gasteiger partial charge in [0.25, 0.3) is 0 Å². The Bertz CT molecular complexity index is 307. The van der Waals surface area contributed by atoms with Crippen molar-refractivity contribution >= 4 is 0 Å². The first-order valence-corrected chi connectivity index (χ1v) is 10.4. The van der Waals surface area contributed by atoms with Crippen molar-refractivity contribution in [1.29, 1.82) is 0 Å². The van der Waals surface area contributed by atoms with Crippen LogP contribution in [0.3, 0.4) is 0 Å². The lowest BCUT2D eigenvalue weighted by Crippen LogP contribution is -2.50. The molecule has 0 saturated carbocycles. The highest BCUT2D eigenvalue weighted by Gasteiger charge is 2.49. The van der Waals surface area contributed by atoms with Crippen molar-refractivity contribution in [3.05, 3.63) is 12.2 Å². The van der Waals surface area contributed by atoms with Crippen molar-refractivity contribution in [2.24, 2.45) is 5.41 Å². The highest BCUT2D eigenvalue weighted by Crippen LogP contribution is 2.48. The van der Waals surface area contributed by atoms with Gasteiger partial charge in [-0.05, 0) is 19.3 Å². The van der Waals surface area contributed by atoms with Crippen molar-refractivity contribution in [1.82, 2.24) is 0 Å². The van der Waals surface area contributed by atoms with Gasteiger partial charge in [0.15, 0.2) is 5.79 Å². The van der Waals surface area contributed by atoms with Crippen LogP contribution >= 0.6 is 0 Å². The molecule has 2 heteroatoms. The lowest BCUT2D eigenvalue weighted by atomic mass is 9.69. The topological polar surface area (TPSA) is 18.5 Å². The summed E-state index contributed by atoms with van der Waals surface area (Å²) in [4.78, 5) is 0. The fraction of sp³-hybridized carbons (Fsp3) is 0.909. The average Bonchev–Trinajstić information content (AvgIpc) is 2.60. The molecular weight excluding hydrogens is 296 g/mol. The molecule has 0 aromatic rings. The second kappa shape index (κ2) is 13.9. The predicted molar refractivity (Wildman–Crippen MR) is 106 cm³/mol. The fourth-order valence-electron chi connectivity index (χ4n) is 4.08. The quantitative estimate of drug-likeness (QED) is 0.167. The minimum atomic E-state index is -0.493. The number of unbranched alkanes of at least 4 members (excludes halogenated alkanes) is 5. The molecule has 0 aliphatic rings. The van der Waals surface area contributed by atoms with E-state index in [-0.39, 0.29) is 5.41 Å². The van der Waals surface area contributed by atoms with Crippen LogP contribution in [-0.2, 0) is 9.47 Å². The molecular formula is C22H44O2. The van der Waals surface area contributed by atoms with Crippen LogP contribution in [0.5, 0.6) is 0 Å². The Morgan fingerprint density at radius 3 is 1.75 bits per heavy atom. The maximum absolute atomic E-state index is 6.06. The summed E-state index contributed by atoms with van der Waals surface area (Å²) >= 11 is 0. The average molecular weight is 341 g/mol. The zero-order valence-corrected chi connectivity index (χ0v) is 17.5. The summed E-state index contributed by atoms with van der Waals surface area (Å²) in [5.74, 6) is -0.493. The monoisotopic (exact) mass is 340 g/mol. The SMILES string of the molecule is CCC=CC(CCC)(CCCCCCCC)C(CCC)(OC)OC. The van der Waals surface area contributed by atoms with E-state index in [0.29, 0.717) is 0 Å². The summed E-state index contributed by atoms with van der Waals surface area (Å²) in [5, 5.41) is 0. The number of hydrogen-bond acceptors (Lipinski definition) is 2. The summed E-state index contributed by atoms with van der Waals surface area (Å²) in [5.41, 5.74) is -0.0119. The molecule has 0 aromatic carbocycles. The molecule has 0 fully saturated rings. The van der Waals surface area contributed by atoms with Gasteiger partial charge in [0.1, 0.15) is 0 Å². The molecule has 0 N–H and O–H groups in total. The Labute approximate surface area is 152 Å². The summed E-state index contributed by atoms with van der Waals surface area (Å²) in [6.07, 6.45) is 19.2. The molecule has 2 nitrogen and oxygen atoms in total. The third kappa shape index (κ3) is 6.88. The zero-order chi connectivity index (χ0) is 18.3. The summed E-state index contributed by atoms with van der Waals surface area (Å²) < 4.78 is 12.1. The first-order chi connectivity index (χ1) is 11.6. The van der Waals surface area contributed by atoms with Crippen molar-refractivity contribution in [3.63, 3.8) is 0 Å². The molecule has 0 heterocycles. The number of methoxy groups -OCH3 is 2. The molecule has 1 atom stereocenters. The minimum Gasteiger partial charge on any atom is -0.352 e. The Balaban J connectivity index is 5.26. The van der Waals surface area contributed by atoms with Crippen LogP contribution in [0.1, 0.15) is 105 Å². The second-order valence-corrected chi connectivity index (χ2v) is 7.15. The largest absolute Gasteiger partial charge is 0.352 e. The van der Waals surface area contributed by atoms with E-state index in [1.807, 2.05) is 14.2 Å². The van der Waals surface area contributed by atoms with Crippen LogP contribution in [-0.4, -0.2) is 20.0 Å². The molecule has 0 bridgehead atoms. The van der Waals surface area contributed by atoms with Gasteiger partial charge in [-0.2, -0.15) is 0 Å². The first-order valence-electron chi connectivity index (χ1n) is 10.4. The van der Waals surface area contributed by atoms with Crippen LogP contribution in [0.15, 0.2) is 12.2 Å². The van der Waals surface area contributed by atoms with Gasteiger partial charge in [0.2, 0.25) is 0 Å². The highest BCUT2D eigenvalue weighted by molar-refractivity contribution is 5.08. The first kappa shape index (κ1) is 23.7. The van der Waals surface area contributed by atoms with Gasteiger partial charge in [0, 0.05) is 26.1 Å². The Morgan fingerprint density at radius 1 is 0.667 bits per heavy atom. The molecule has 0 spiro atoms. The summed E-state index contributed by atoms with van der Waals surface area (Å²) in [6.45, 7) is 8.98. The number of rotatable bonds is 16. The van der Waals surface area contributed by atoms with Crippen LogP contribution in [0, 0.1) is 5.41 Å². The molecule has 24 heavy (non-hydrogen) atoms. The second-order valence-electron chi connectivity index (χ2n) is 7.15. The van der Waals surface area contributed by atoms with Crippen molar-refractivity contribution in [3.8, 4) is 0 Å². The van der Waals surface area contributed by atoms with Gasteiger partial charge in [-0.15, -0.1) is 0 Å². The zero-order valence-electron chi connectivity index (χ0n) is 17.5. The van der Waals surface area contributed by atoms with Gasteiger partial charge >= 0.3 is 0 Å². The van der Waals surface area contributed by atoms with Gasteiger partial charge in [-0.25, -0.2) is 0 Å². The van der Waals surface area contributed by atoms with Crippen LogP contribution in [0.25, 0.3) is 0 Å². The number of ether oxygens (including phenoxy) is 2. The molecule has 1 unspecified atom stereocenters. The molecule has 0 amide bonds. The van der Waals surface area contributed by atoms with Crippen LogP contribution < -0.4 is 0 Å². The van der Waals surface area contributed by atoms with Crippen molar-refractivity contribution < 1.29 is 9.47 Å². The molecule has 0 rings (SSSR count). The van der Waals surface area contributed by atoms with Gasteiger partial charge < -0.3 is 9.47 Å². The molecule has 0 saturated heterocycles. The lowest BCUT2D eigenvalue weighted by Gasteiger charge is -2.47. The lowest BCUT2D eigenvalue weighted by molar-refractivity contribution is -0.271. The Kier molecular flexibility index (Phi) is 13.7. The summed E-state index contributed by atoms with van der Waals surface area (Å²) in [6, 6.07) is 0. The maximum Gasteiger partial charge on any atom is 0.176 e. The Morgan fingerprint density at radius 2 is 1.25 bits per heavy atom. The standard InChI is InChI=1S/C22H44O2/c1-7-11-13-14-15-16-20-21(17-9-3,19-12-8-2)22(23-5,24-6)18-10-4/h12,19H,7-11,13-18,20H2,1-6H3. The maximum atomic E-state index is 6.06. The predicted octanol–water partition coefficient (Wildman–Crippen LogP) is 7.28. The molecule has 0 radical (unpaired) electrons. The Hall–Kier alpha value is -0.340. The molecule has 0 aliphatic heterocycles. The van der Waals surface area contributed by atoms with Gasteiger partial charge in [-0.3, -0.25) is 0 Å². The van der Waals surface area contributed by atoms with Crippen LogP contribution in [0.4, 0.5) is 0 Å². The van der Waals surface area contributed by atoms with E-state index in [4.69, 9.17) is 9.47 Å². The third-order valence-electron chi connectivity index (χ3n) is 5.34. The summed E-state index contributed by atoms with van der Waals surface area (Å²) in [7, 11) is 3.65. The fourth-order valence-corrected chi connectivity index (χ4v) is 4.08. The van der Waals surface area contributed by atoms with E-state index < -0.39 is 5.79 Å². The molecule has 0 aromatic heterocycles. The smallest absolute Gasteiger partial charge is 0.176 e. The molecule has 144 valence electrons. The van der Waals surface area contributed by atoms with Crippen molar-refractivity contribution in [2.45, 2.75) is 111 Å². The van der Waals surface area contributed by atoms with E-state index in [1.165, 1.54) is 38.5 Å². The van der Waals surface area contributed by atoms with Gasteiger partial charge in [0.05, 0.1) is 0 Å². The third-order valence-corrected chi connectivity index (χ3v) is 5.34. The highest BCUT2D eigenvalue weighted by atomic mass is 16.7. The van der Waals surface area contributed by atoms with E-state index in [1.54, 1.807) is 0 Å². The minimum absolute atomic E-state index is 0.0119. The van der Waals surface area contributed by atoms with E-state index in [2.05, 4.69) is 39.8 Å². The molecule has 0 aliphatic carbocycles. The van der Waals surface area contributed by atoms with E-state index in [9.17, 15) is 0 Å². The number of hydrogen-bond donors (Lipinski definition) is 0. The van der Waals surface area contributed by atoms with Crippen LogP contribution in [0.2, 0.25) is 0 Å². The normalized spacial score (nSPS) is 15.1. The number of allylic oxidation sites excluding steroid dienone is 1. The van der Waals surface area contributed by atoms with Crippen molar-refractivity contribution in [2.75, 3.05) is 14.2 Å². The van der Waals surface area contributed by atoms with E-state index in [0.717, 1.165) is 38.5 Å².